The normalized spacial score (nSPS) is 16.7. The predicted molar refractivity (Wildman–Crippen MR) is 85.5 cm³/mol. The van der Waals surface area contributed by atoms with Crippen LogP contribution < -0.4 is 4.90 Å². The van der Waals surface area contributed by atoms with Gasteiger partial charge >= 0.3 is 0 Å². The van der Waals surface area contributed by atoms with Crippen LogP contribution in [0.3, 0.4) is 0 Å². The van der Waals surface area contributed by atoms with E-state index in [1.165, 1.54) is 24.3 Å². The van der Waals surface area contributed by atoms with Crippen molar-refractivity contribution in [1.29, 1.82) is 0 Å². The fourth-order valence-corrected chi connectivity index (χ4v) is 2.88. The van der Waals surface area contributed by atoms with Gasteiger partial charge in [0.05, 0.1) is 4.92 Å². The average molecular weight is 312 g/mol. The van der Waals surface area contributed by atoms with Crippen LogP contribution in [0.4, 0.5) is 11.4 Å². The fraction of sp³-hybridized carbons (Fsp3) is 0.235. The summed E-state index contributed by atoms with van der Waals surface area (Å²) >= 11 is 0. The summed E-state index contributed by atoms with van der Waals surface area (Å²) in [7, 11) is 0. The maximum Gasteiger partial charge on any atom is 0.269 e. The van der Waals surface area contributed by atoms with E-state index in [0.29, 0.717) is 12.1 Å². The van der Waals surface area contributed by atoms with E-state index in [-0.39, 0.29) is 24.1 Å². The monoisotopic (exact) mass is 312 g/mol. The number of hydrogen-bond donors (Lipinski definition) is 1. The number of carbonyl (C=O) groups excluding carboxylic acids is 1. The van der Waals surface area contributed by atoms with Crippen molar-refractivity contribution in [2.45, 2.75) is 6.42 Å². The van der Waals surface area contributed by atoms with Crippen molar-refractivity contribution in [2.24, 2.45) is 5.92 Å². The second-order valence-corrected chi connectivity index (χ2v) is 5.60. The lowest BCUT2D eigenvalue weighted by Crippen LogP contribution is -2.41. The van der Waals surface area contributed by atoms with Gasteiger partial charge in [-0.2, -0.15) is 0 Å². The number of nitro benzene ring substituents is 1. The van der Waals surface area contributed by atoms with Gasteiger partial charge in [0.25, 0.3) is 11.6 Å². The fourth-order valence-electron chi connectivity index (χ4n) is 2.88. The summed E-state index contributed by atoms with van der Waals surface area (Å²) in [6.45, 7) is 0.446. The number of carbonyl (C=O) groups is 1. The Kier molecular flexibility index (Phi) is 4.08. The summed E-state index contributed by atoms with van der Waals surface area (Å²) in [4.78, 5) is 24.6. The number of hydrogen-bond acceptors (Lipinski definition) is 4. The SMILES string of the molecule is O=C(c1ccc([N+](=O)[O-])cc1)N1C[C@H](CO)Cc2ccccc21. The molecule has 1 amide bonds. The lowest BCUT2D eigenvalue weighted by atomic mass is 9.92. The van der Waals surface area contributed by atoms with Crippen LogP contribution in [-0.4, -0.2) is 29.1 Å². The van der Waals surface area contributed by atoms with Gasteiger partial charge in [-0.15, -0.1) is 0 Å². The number of nitrogens with zero attached hydrogens (tertiary/aromatic N) is 2. The minimum Gasteiger partial charge on any atom is -0.396 e. The Morgan fingerprint density at radius 1 is 1.22 bits per heavy atom. The van der Waals surface area contributed by atoms with E-state index in [1.807, 2.05) is 24.3 Å². The largest absolute Gasteiger partial charge is 0.396 e. The molecule has 6 heteroatoms. The lowest BCUT2D eigenvalue weighted by Gasteiger charge is -2.34. The molecule has 0 fully saturated rings. The van der Waals surface area contributed by atoms with Crippen LogP contribution in [0.25, 0.3) is 0 Å². The van der Waals surface area contributed by atoms with Crippen LogP contribution >= 0.6 is 0 Å². The van der Waals surface area contributed by atoms with Crippen molar-refractivity contribution in [2.75, 3.05) is 18.1 Å². The van der Waals surface area contributed by atoms with E-state index < -0.39 is 4.92 Å². The highest BCUT2D eigenvalue weighted by atomic mass is 16.6. The zero-order chi connectivity index (χ0) is 16.4. The molecule has 6 nitrogen and oxygen atoms in total. The molecule has 1 N–H and O–H groups in total. The Hall–Kier alpha value is -2.73. The summed E-state index contributed by atoms with van der Waals surface area (Å²) in [5, 5.41) is 20.2. The smallest absolute Gasteiger partial charge is 0.269 e. The molecule has 0 unspecified atom stereocenters. The van der Waals surface area contributed by atoms with Gasteiger partial charge in [-0.25, -0.2) is 0 Å². The van der Waals surface area contributed by atoms with Crippen LogP contribution in [0.5, 0.6) is 0 Å². The summed E-state index contributed by atoms with van der Waals surface area (Å²) in [5.41, 5.74) is 2.20. The molecule has 1 heterocycles. The molecule has 2 aromatic carbocycles. The maximum absolute atomic E-state index is 12.8. The molecule has 0 aliphatic carbocycles. The van der Waals surface area contributed by atoms with Gasteiger partial charge in [0.1, 0.15) is 0 Å². The van der Waals surface area contributed by atoms with Crippen molar-refractivity contribution in [3.63, 3.8) is 0 Å². The molecule has 0 saturated heterocycles. The predicted octanol–water partition coefficient (Wildman–Crippen LogP) is 2.41. The molecular formula is C17H16N2O4. The Bertz CT molecular complexity index is 743. The van der Waals surface area contributed by atoms with E-state index in [2.05, 4.69) is 0 Å². The van der Waals surface area contributed by atoms with Gasteiger partial charge in [0, 0.05) is 42.5 Å². The van der Waals surface area contributed by atoms with Gasteiger partial charge in [0.15, 0.2) is 0 Å². The van der Waals surface area contributed by atoms with Gasteiger partial charge in [0.2, 0.25) is 0 Å². The highest BCUT2D eigenvalue weighted by Crippen LogP contribution is 2.30. The third kappa shape index (κ3) is 2.93. The lowest BCUT2D eigenvalue weighted by molar-refractivity contribution is -0.384. The first-order chi connectivity index (χ1) is 11.1. The van der Waals surface area contributed by atoms with Crippen LogP contribution in [-0.2, 0) is 6.42 Å². The van der Waals surface area contributed by atoms with Gasteiger partial charge < -0.3 is 10.0 Å². The Morgan fingerprint density at radius 2 is 1.91 bits per heavy atom. The summed E-state index contributed by atoms with van der Waals surface area (Å²) in [6.07, 6.45) is 0.733. The number of rotatable bonds is 3. The molecule has 3 rings (SSSR count). The van der Waals surface area contributed by atoms with Crippen LogP contribution in [0.15, 0.2) is 48.5 Å². The summed E-state index contributed by atoms with van der Waals surface area (Å²) in [5.74, 6) is -0.225. The number of benzene rings is 2. The van der Waals surface area contributed by atoms with Crippen molar-refractivity contribution >= 4 is 17.3 Å². The molecule has 2 aromatic rings. The quantitative estimate of drug-likeness (QED) is 0.697. The van der Waals surface area contributed by atoms with Crippen LogP contribution in [0.1, 0.15) is 15.9 Å². The maximum atomic E-state index is 12.8. The first-order valence-electron chi connectivity index (χ1n) is 7.35. The number of fused-ring (bicyclic) bond motifs is 1. The van der Waals surface area contributed by atoms with E-state index in [9.17, 15) is 20.0 Å². The first-order valence-corrected chi connectivity index (χ1v) is 7.35. The second kappa shape index (κ2) is 6.18. The van der Waals surface area contributed by atoms with Crippen molar-refractivity contribution in [3.8, 4) is 0 Å². The third-order valence-electron chi connectivity index (χ3n) is 4.06. The van der Waals surface area contributed by atoms with Crippen molar-refractivity contribution in [3.05, 3.63) is 69.8 Å². The Labute approximate surface area is 133 Å². The number of aliphatic hydroxyl groups excluding tert-OH is 1. The van der Waals surface area contributed by atoms with Crippen LogP contribution in [0, 0.1) is 16.0 Å². The molecule has 23 heavy (non-hydrogen) atoms. The molecule has 1 aliphatic heterocycles. The van der Waals surface area contributed by atoms with Gasteiger partial charge in [-0.3, -0.25) is 14.9 Å². The van der Waals surface area contributed by atoms with E-state index in [0.717, 1.165) is 17.7 Å². The first kappa shape index (κ1) is 15.2. The highest BCUT2D eigenvalue weighted by molar-refractivity contribution is 6.06. The average Bonchev–Trinajstić information content (AvgIpc) is 2.60. The molecule has 0 radical (unpaired) electrons. The number of para-hydroxylation sites is 1. The number of anilines is 1. The molecule has 1 atom stereocenters. The van der Waals surface area contributed by atoms with E-state index in [4.69, 9.17) is 0 Å². The topological polar surface area (TPSA) is 83.7 Å². The zero-order valence-electron chi connectivity index (χ0n) is 12.4. The molecule has 0 saturated carbocycles. The third-order valence-corrected chi connectivity index (χ3v) is 4.06. The van der Waals surface area contributed by atoms with Gasteiger partial charge in [-0.1, -0.05) is 18.2 Å². The molecule has 0 bridgehead atoms. The Morgan fingerprint density at radius 3 is 2.57 bits per heavy atom. The molecule has 0 aromatic heterocycles. The number of aliphatic hydroxyl groups is 1. The number of non-ortho nitro benzene ring substituents is 1. The molecular weight excluding hydrogens is 296 g/mol. The summed E-state index contributed by atoms with van der Waals surface area (Å²) in [6, 6.07) is 13.2. The van der Waals surface area contributed by atoms with E-state index in [1.54, 1.807) is 4.90 Å². The highest BCUT2D eigenvalue weighted by Gasteiger charge is 2.28. The van der Waals surface area contributed by atoms with Gasteiger partial charge in [-0.05, 0) is 30.2 Å². The molecule has 1 aliphatic rings. The second-order valence-electron chi connectivity index (χ2n) is 5.60. The minimum absolute atomic E-state index is 0.00750. The van der Waals surface area contributed by atoms with Crippen molar-refractivity contribution < 1.29 is 14.8 Å². The van der Waals surface area contributed by atoms with Crippen molar-refractivity contribution in [1.82, 2.24) is 0 Å². The minimum atomic E-state index is -0.494. The molecule has 0 spiro atoms. The zero-order valence-corrected chi connectivity index (χ0v) is 12.4. The Balaban J connectivity index is 1.93. The van der Waals surface area contributed by atoms with E-state index >= 15 is 0 Å². The standard InChI is InChI=1S/C17H16N2O4/c20-11-12-9-14-3-1-2-4-16(14)18(10-12)17(21)13-5-7-15(8-6-13)19(22)23/h1-8,12,20H,9-11H2/t12-/m1/s1. The number of amides is 1. The van der Waals surface area contributed by atoms with Crippen LogP contribution in [0.2, 0.25) is 0 Å². The molecule has 118 valence electrons. The summed E-state index contributed by atoms with van der Waals surface area (Å²) < 4.78 is 0. The number of nitro groups is 1.